The Morgan fingerprint density at radius 2 is 1.77 bits per heavy atom. The summed E-state index contributed by atoms with van der Waals surface area (Å²) in [6.45, 7) is 8.03. The number of carbonyl (C=O) groups excluding carboxylic acids is 2. The number of amides is 3. The van der Waals surface area contributed by atoms with Crippen molar-refractivity contribution in [3.63, 3.8) is 0 Å². The summed E-state index contributed by atoms with van der Waals surface area (Å²) < 4.78 is 30.6. The number of nitrogens with one attached hydrogen (secondary N) is 2. The normalized spacial score (nSPS) is 12.0. The Morgan fingerprint density at radius 1 is 1.10 bits per heavy atom. The van der Waals surface area contributed by atoms with E-state index >= 15 is 0 Å². The van der Waals surface area contributed by atoms with E-state index in [0.29, 0.717) is 18.8 Å². The van der Waals surface area contributed by atoms with Gasteiger partial charge in [-0.3, -0.25) is 4.79 Å². The van der Waals surface area contributed by atoms with Crippen LogP contribution in [-0.4, -0.2) is 37.8 Å². The molecule has 2 aromatic carbocycles. The molecule has 8 nitrogen and oxygen atoms in total. The van der Waals surface area contributed by atoms with Crippen molar-refractivity contribution in [2.24, 2.45) is 0 Å². The van der Waals surface area contributed by atoms with Crippen LogP contribution in [-0.2, 0) is 21.5 Å². The topological polar surface area (TPSA) is 105 Å². The second-order valence-corrected chi connectivity index (χ2v) is 8.66. The van der Waals surface area contributed by atoms with Crippen LogP contribution < -0.4 is 14.8 Å². The van der Waals surface area contributed by atoms with Gasteiger partial charge in [-0.25, -0.2) is 4.79 Å². The molecule has 0 saturated heterocycles. The van der Waals surface area contributed by atoms with Crippen LogP contribution >= 0.6 is 0 Å². The molecule has 2 rings (SSSR count). The molecule has 0 aliphatic carbocycles. The zero-order chi connectivity index (χ0) is 23.0. The molecule has 2 N–H and O–H groups in total. The van der Waals surface area contributed by atoms with Crippen molar-refractivity contribution in [3.05, 3.63) is 54.1 Å². The van der Waals surface area contributed by atoms with Gasteiger partial charge in [-0.05, 0) is 62.2 Å². The highest BCUT2D eigenvalue weighted by atomic mass is 32.2. The minimum atomic E-state index is -4.06. The summed E-state index contributed by atoms with van der Waals surface area (Å²) in [4.78, 5) is 25.2. The van der Waals surface area contributed by atoms with E-state index in [1.807, 2.05) is 26.8 Å². The standard InChI is InChI=1S/C22H29N3O5S/c1-5-16(3)25(22(27)23-6-2)15-18-8-7-9-20(14-18)30-31(28,29)21-12-10-19(11-13-21)24-17(4)26/h7-14,16H,5-6,15H2,1-4H3,(H,23,27)(H,24,26)/t16-/m0/s1. The summed E-state index contributed by atoms with van der Waals surface area (Å²) in [7, 11) is -4.06. The van der Waals surface area contributed by atoms with Gasteiger partial charge in [0.25, 0.3) is 0 Å². The van der Waals surface area contributed by atoms with E-state index in [4.69, 9.17) is 4.18 Å². The molecule has 0 radical (unpaired) electrons. The largest absolute Gasteiger partial charge is 0.379 e. The molecule has 0 spiro atoms. The minimum Gasteiger partial charge on any atom is -0.379 e. The van der Waals surface area contributed by atoms with Crippen LogP contribution in [0.4, 0.5) is 10.5 Å². The van der Waals surface area contributed by atoms with Crippen LogP contribution in [0, 0.1) is 0 Å². The fraction of sp³-hybridized carbons (Fsp3) is 0.364. The highest BCUT2D eigenvalue weighted by Gasteiger charge is 2.20. The molecule has 0 aliphatic heterocycles. The monoisotopic (exact) mass is 447 g/mol. The molecule has 0 saturated carbocycles. The molecule has 0 unspecified atom stereocenters. The van der Waals surface area contributed by atoms with E-state index in [1.165, 1.54) is 31.2 Å². The molecular formula is C22H29N3O5S. The quantitative estimate of drug-likeness (QED) is 0.570. The summed E-state index contributed by atoms with van der Waals surface area (Å²) in [5, 5.41) is 5.38. The van der Waals surface area contributed by atoms with E-state index in [-0.39, 0.29) is 28.6 Å². The zero-order valence-corrected chi connectivity index (χ0v) is 19.0. The van der Waals surface area contributed by atoms with E-state index in [9.17, 15) is 18.0 Å². The van der Waals surface area contributed by atoms with Crippen molar-refractivity contribution in [1.82, 2.24) is 10.2 Å². The molecule has 1 atom stereocenters. The van der Waals surface area contributed by atoms with Crippen molar-refractivity contribution in [2.75, 3.05) is 11.9 Å². The van der Waals surface area contributed by atoms with Crippen LogP contribution in [0.5, 0.6) is 5.75 Å². The maximum atomic E-state index is 12.6. The Hall–Kier alpha value is -3.07. The highest BCUT2D eigenvalue weighted by molar-refractivity contribution is 7.87. The molecule has 0 aromatic heterocycles. The van der Waals surface area contributed by atoms with Gasteiger partial charge < -0.3 is 19.7 Å². The third-order valence-corrected chi connectivity index (χ3v) is 5.89. The highest BCUT2D eigenvalue weighted by Crippen LogP contribution is 2.22. The number of carbonyl (C=O) groups is 2. The second-order valence-electron chi connectivity index (χ2n) is 7.11. The molecular weight excluding hydrogens is 418 g/mol. The number of hydrogen-bond acceptors (Lipinski definition) is 5. The third kappa shape index (κ3) is 6.99. The Labute approximate surface area is 183 Å². The summed E-state index contributed by atoms with van der Waals surface area (Å²) >= 11 is 0. The molecule has 0 bridgehead atoms. The molecule has 2 aromatic rings. The van der Waals surface area contributed by atoms with Gasteiger partial charge in [0, 0.05) is 31.7 Å². The van der Waals surface area contributed by atoms with Gasteiger partial charge in [0.1, 0.15) is 10.6 Å². The van der Waals surface area contributed by atoms with Crippen LogP contribution in [0.2, 0.25) is 0 Å². The number of anilines is 1. The number of nitrogens with zero attached hydrogens (tertiary/aromatic N) is 1. The first kappa shape index (κ1) is 24.2. The van der Waals surface area contributed by atoms with Crippen LogP contribution in [0.1, 0.15) is 39.7 Å². The number of hydrogen-bond donors (Lipinski definition) is 2. The second kappa shape index (κ2) is 10.8. The van der Waals surface area contributed by atoms with Gasteiger partial charge in [0.15, 0.2) is 0 Å². The molecule has 3 amide bonds. The first-order valence-electron chi connectivity index (χ1n) is 10.1. The Kier molecular flexibility index (Phi) is 8.44. The lowest BCUT2D eigenvalue weighted by atomic mass is 10.1. The van der Waals surface area contributed by atoms with Crippen LogP contribution in [0.3, 0.4) is 0 Å². The van der Waals surface area contributed by atoms with E-state index < -0.39 is 10.1 Å². The summed E-state index contributed by atoms with van der Waals surface area (Å²) in [6, 6.07) is 12.2. The van der Waals surface area contributed by atoms with Crippen molar-refractivity contribution in [3.8, 4) is 5.75 Å². The van der Waals surface area contributed by atoms with Gasteiger partial charge in [0.2, 0.25) is 5.91 Å². The first-order chi connectivity index (χ1) is 14.7. The van der Waals surface area contributed by atoms with Crippen LogP contribution in [0.15, 0.2) is 53.4 Å². The van der Waals surface area contributed by atoms with E-state index in [2.05, 4.69) is 10.6 Å². The lowest BCUT2D eigenvalue weighted by Gasteiger charge is -2.28. The van der Waals surface area contributed by atoms with Gasteiger partial charge in [-0.15, -0.1) is 0 Å². The average Bonchev–Trinajstić information content (AvgIpc) is 2.71. The Bertz CT molecular complexity index is 1010. The molecule has 31 heavy (non-hydrogen) atoms. The predicted molar refractivity (Wildman–Crippen MR) is 119 cm³/mol. The van der Waals surface area contributed by atoms with Crippen molar-refractivity contribution < 1.29 is 22.2 Å². The van der Waals surface area contributed by atoms with E-state index in [1.54, 1.807) is 23.1 Å². The number of urea groups is 1. The molecule has 0 fully saturated rings. The summed E-state index contributed by atoms with van der Waals surface area (Å²) in [6.07, 6.45) is 0.788. The maximum absolute atomic E-state index is 12.6. The van der Waals surface area contributed by atoms with E-state index in [0.717, 1.165) is 12.0 Å². The first-order valence-corrected chi connectivity index (χ1v) is 11.5. The van der Waals surface area contributed by atoms with Gasteiger partial charge >= 0.3 is 16.1 Å². The minimum absolute atomic E-state index is 0.0157. The van der Waals surface area contributed by atoms with Gasteiger partial charge in [-0.1, -0.05) is 19.1 Å². The van der Waals surface area contributed by atoms with Crippen molar-refractivity contribution >= 4 is 27.7 Å². The summed E-state index contributed by atoms with van der Waals surface area (Å²) in [5.41, 5.74) is 1.24. The Balaban J connectivity index is 2.18. The molecule has 0 aliphatic rings. The average molecular weight is 448 g/mol. The smallest absolute Gasteiger partial charge is 0.339 e. The maximum Gasteiger partial charge on any atom is 0.339 e. The summed E-state index contributed by atoms with van der Waals surface area (Å²) in [5.74, 6) is -0.0915. The molecule has 0 heterocycles. The lowest BCUT2D eigenvalue weighted by Crippen LogP contribution is -2.44. The van der Waals surface area contributed by atoms with Crippen LogP contribution in [0.25, 0.3) is 0 Å². The third-order valence-electron chi connectivity index (χ3n) is 4.63. The van der Waals surface area contributed by atoms with Gasteiger partial charge in [-0.2, -0.15) is 8.42 Å². The zero-order valence-electron chi connectivity index (χ0n) is 18.2. The number of rotatable bonds is 9. The fourth-order valence-corrected chi connectivity index (χ4v) is 3.80. The predicted octanol–water partition coefficient (Wildman–Crippen LogP) is 3.74. The lowest BCUT2D eigenvalue weighted by molar-refractivity contribution is -0.114. The number of benzene rings is 2. The SMILES string of the molecule is CCNC(=O)N(Cc1cccc(OS(=O)(=O)c2ccc(NC(C)=O)cc2)c1)[C@@H](C)CC. The molecule has 168 valence electrons. The Morgan fingerprint density at radius 3 is 2.35 bits per heavy atom. The molecule has 9 heteroatoms. The van der Waals surface area contributed by atoms with Gasteiger partial charge in [0.05, 0.1) is 0 Å². The van der Waals surface area contributed by atoms with Crippen molar-refractivity contribution in [1.29, 1.82) is 0 Å². The fourth-order valence-electron chi connectivity index (χ4n) is 2.88. The van der Waals surface area contributed by atoms with Crippen molar-refractivity contribution in [2.45, 2.75) is 51.6 Å².